The summed E-state index contributed by atoms with van der Waals surface area (Å²) in [5, 5.41) is 0. The largest absolute Gasteiger partial charge is 0.271 e. The van der Waals surface area contributed by atoms with Gasteiger partial charge in [0.25, 0.3) is 5.91 Å². The molecule has 0 radical (unpaired) electrons. The summed E-state index contributed by atoms with van der Waals surface area (Å²) < 4.78 is 15.4. The Balaban J connectivity index is 2.30. The highest BCUT2D eigenvalue weighted by atomic mass is 79.9. The van der Waals surface area contributed by atoms with E-state index in [-0.39, 0.29) is 11.5 Å². The second kappa shape index (κ2) is 4.94. The van der Waals surface area contributed by atoms with Crippen LogP contribution in [0.25, 0.3) is 0 Å². The highest BCUT2D eigenvalue weighted by Crippen LogP contribution is 2.18. The lowest BCUT2D eigenvalue weighted by Crippen LogP contribution is -2.25. The second-order valence-corrected chi connectivity index (χ2v) is 4.87. The molecule has 94 valence electrons. The molecule has 1 aromatic carbocycles. The predicted octanol–water partition coefficient (Wildman–Crippen LogP) is 3.39. The summed E-state index contributed by atoms with van der Waals surface area (Å²) >= 11 is 3.24. The zero-order valence-corrected chi connectivity index (χ0v) is 11.6. The Morgan fingerprint density at radius 1 is 1.22 bits per heavy atom. The number of amides is 1. The van der Waals surface area contributed by atoms with E-state index in [0.717, 1.165) is 11.4 Å². The molecule has 0 fully saturated rings. The third-order valence-corrected chi connectivity index (χ3v) is 3.35. The van der Waals surface area contributed by atoms with E-state index in [4.69, 9.17) is 0 Å². The lowest BCUT2D eigenvalue weighted by Gasteiger charge is -2.12. The first-order valence-corrected chi connectivity index (χ1v) is 6.19. The van der Waals surface area contributed by atoms with Crippen molar-refractivity contribution in [1.82, 2.24) is 4.68 Å². The zero-order valence-electron chi connectivity index (χ0n) is 10.00. The molecule has 2 rings (SSSR count). The maximum Gasteiger partial charge on any atom is 0.271 e. The van der Waals surface area contributed by atoms with Gasteiger partial charge in [0, 0.05) is 15.9 Å². The molecule has 0 unspecified atom stereocenters. The Kier molecular flexibility index (Phi) is 3.52. The molecule has 18 heavy (non-hydrogen) atoms. The SMILES string of the molecule is Cc1ccc(C)n1NC(=O)c1cc(F)ccc1Br. The summed E-state index contributed by atoms with van der Waals surface area (Å²) in [6, 6.07) is 7.81. The minimum absolute atomic E-state index is 0.266. The standard InChI is InChI=1S/C13H12BrFN2O/c1-8-3-4-9(2)17(8)16-13(18)11-7-10(15)5-6-12(11)14/h3-7H,1-2H3,(H,16,18). The third-order valence-electron chi connectivity index (χ3n) is 2.66. The molecular weight excluding hydrogens is 299 g/mol. The molecule has 3 nitrogen and oxygen atoms in total. The second-order valence-electron chi connectivity index (χ2n) is 4.02. The molecule has 1 aromatic heterocycles. The van der Waals surface area contributed by atoms with Gasteiger partial charge in [-0.05, 0) is 60.1 Å². The molecule has 0 spiro atoms. The van der Waals surface area contributed by atoms with E-state index in [9.17, 15) is 9.18 Å². The number of rotatable bonds is 2. The van der Waals surface area contributed by atoms with Gasteiger partial charge in [-0.1, -0.05) is 0 Å². The van der Waals surface area contributed by atoms with Crippen LogP contribution >= 0.6 is 15.9 Å². The molecule has 0 bridgehead atoms. The number of carbonyl (C=O) groups is 1. The van der Waals surface area contributed by atoms with Crippen molar-refractivity contribution in [3.63, 3.8) is 0 Å². The van der Waals surface area contributed by atoms with Crippen LogP contribution in [-0.2, 0) is 0 Å². The fourth-order valence-electron chi connectivity index (χ4n) is 1.68. The lowest BCUT2D eigenvalue weighted by molar-refractivity contribution is 0.101. The van der Waals surface area contributed by atoms with Crippen LogP contribution < -0.4 is 5.43 Å². The number of hydrogen-bond donors (Lipinski definition) is 1. The fourth-order valence-corrected chi connectivity index (χ4v) is 2.10. The maximum atomic E-state index is 13.1. The fraction of sp³-hybridized carbons (Fsp3) is 0.154. The van der Waals surface area contributed by atoms with E-state index in [1.54, 1.807) is 4.68 Å². The van der Waals surface area contributed by atoms with Gasteiger partial charge < -0.3 is 0 Å². The van der Waals surface area contributed by atoms with Crippen molar-refractivity contribution < 1.29 is 9.18 Å². The number of nitrogens with one attached hydrogen (secondary N) is 1. The Hall–Kier alpha value is -1.62. The van der Waals surface area contributed by atoms with Gasteiger partial charge in [0.15, 0.2) is 0 Å². The number of nitrogens with zero attached hydrogens (tertiary/aromatic N) is 1. The van der Waals surface area contributed by atoms with Gasteiger partial charge in [-0.15, -0.1) is 0 Å². The Labute approximate surface area is 113 Å². The van der Waals surface area contributed by atoms with Crippen LogP contribution in [0.4, 0.5) is 4.39 Å². The number of hydrogen-bond acceptors (Lipinski definition) is 1. The van der Waals surface area contributed by atoms with Gasteiger partial charge in [0.1, 0.15) is 5.82 Å². The minimum atomic E-state index is -0.440. The first kappa shape index (κ1) is 12.8. The van der Waals surface area contributed by atoms with E-state index in [2.05, 4.69) is 21.4 Å². The van der Waals surface area contributed by atoms with Crippen molar-refractivity contribution >= 4 is 21.8 Å². The number of halogens is 2. The summed E-state index contributed by atoms with van der Waals surface area (Å²) in [6.45, 7) is 3.77. The third kappa shape index (κ3) is 2.46. The molecule has 0 aliphatic heterocycles. The number of aromatic nitrogens is 1. The molecule has 1 N–H and O–H groups in total. The van der Waals surface area contributed by atoms with Gasteiger partial charge in [-0.25, -0.2) is 4.39 Å². The first-order chi connectivity index (χ1) is 8.49. The van der Waals surface area contributed by atoms with E-state index in [1.165, 1.54) is 18.2 Å². The summed E-state index contributed by atoms with van der Waals surface area (Å²) in [5.74, 6) is -0.798. The monoisotopic (exact) mass is 310 g/mol. The Bertz CT molecular complexity index is 588. The number of carbonyl (C=O) groups excluding carboxylic acids is 1. The highest BCUT2D eigenvalue weighted by molar-refractivity contribution is 9.10. The smallest absolute Gasteiger partial charge is 0.267 e. The molecule has 2 aromatic rings. The molecular formula is C13H12BrFN2O. The van der Waals surface area contributed by atoms with Crippen molar-refractivity contribution in [3.8, 4) is 0 Å². The molecule has 0 aliphatic carbocycles. The van der Waals surface area contributed by atoms with Gasteiger partial charge in [0.2, 0.25) is 0 Å². The van der Waals surface area contributed by atoms with Crippen molar-refractivity contribution in [2.75, 3.05) is 5.43 Å². The number of aryl methyl sites for hydroxylation is 2. The van der Waals surface area contributed by atoms with Crippen LogP contribution in [0.2, 0.25) is 0 Å². The van der Waals surface area contributed by atoms with E-state index in [0.29, 0.717) is 4.47 Å². The molecule has 1 amide bonds. The highest BCUT2D eigenvalue weighted by Gasteiger charge is 2.12. The molecule has 5 heteroatoms. The molecule has 1 heterocycles. The summed E-state index contributed by atoms with van der Waals surface area (Å²) in [7, 11) is 0. The molecule has 0 atom stereocenters. The van der Waals surface area contributed by atoms with E-state index >= 15 is 0 Å². The average molecular weight is 311 g/mol. The molecule has 0 aliphatic rings. The first-order valence-electron chi connectivity index (χ1n) is 5.40. The molecule has 0 saturated carbocycles. The van der Waals surface area contributed by atoms with Crippen LogP contribution in [-0.4, -0.2) is 10.6 Å². The topological polar surface area (TPSA) is 34.0 Å². The van der Waals surface area contributed by atoms with Crippen molar-refractivity contribution in [2.24, 2.45) is 0 Å². The lowest BCUT2D eigenvalue weighted by atomic mass is 10.2. The maximum absolute atomic E-state index is 13.1. The van der Waals surface area contributed by atoms with Crippen molar-refractivity contribution in [3.05, 3.63) is 57.6 Å². The molecule has 0 saturated heterocycles. The minimum Gasteiger partial charge on any atom is -0.267 e. The predicted molar refractivity (Wildman–Crippen MR) is 71.7 cm³/mol. The summed E-state index contributed by atoms with van der Waals surface area (Å²) in [6.07, 6.45) is 0. The summed E-state index contributed by atoms with van der Waals surface area (Å²) in [4.78, 5) is 12.1. The van der Waals surface area contributed by atoms with Crippen LogP contribution in [0.5, 0.6) is 0 Å². The zero-order chi connectivity index (χ0) is 13.3. The normalized spacial score (nSPS) is 10.4. The van der Waals surface area contributed by atoms with Crippen LogP contribution in [0.15, 0.2) is 34.8 Å². The summed E-state index contributed by atoms with van der Waals surface area (Å²) in [5.41, 5.74) is 4.81. The van der Waals surface area contributed by atoms with Crippen molar-refractivity contribution in [2.45, 2.75) is 13.8 Å². The number of benzene rings is 1. The van der Waals surface area contributed by atoms with Crippen LogP contribution in [0, 0.1) is 19.7 Å². The van der Waals surface area contributed by atoms with Gasteiger partial charge in [-0.3, -0.25) is 14.9 Å². The van der Waals surface area contributed by atoms with Crippen LogP contribution in [0.3, 0.4) is 0 Å². The van der Waals surface area contributed by atoms with Gasteiger partial charge in [0.05, 0.1) is 5.56 Å². The van der Waals surface area contributed by atoms with Gasteiger partial charge >= 0.3 is 0 Å². The average Bonchev–Trinajstić information content (AvgIpc) is 2.64. The Morgan fingerprint density at radius 2 is 1.83 bits per heavy atom. The van der Waals surface area contributed by atoms with E-state index < -0.39 is 5.82 Å². The quantitative estimate of drug-likeness (QED) is 0.906. The van der Waals surface area contributed by atoms with Gasteiger partial charge in [-0.2, -0.15) is 0 Å². The van der Waals surface area contributed by atoms with Crippen molar-refractivity contribution in [1.29, 1.82) is 0 Å². The Morgan fingerprint density at radius 3 is 2.44 bits per heavy atom. The van der Waals surface area contributed by atoms with E-state index in [1.807, 2.05) is 26.0 Å². The van der Waals surface area contributed by atoms with Crippen LogP contribution in [0.1, 0.15) is 21.7 Å².